The maximum atomic E-state index is 14.2. The number of allylic oxidation sites excluding steroid dienone is 2. The Kier molecular flexibility index (Phi) is 3.58. The molecule has 0 fully saturated rings. The van der Waals surface area contributed by atoms with Crippen LogP contribution in [0.15, 0.2) is 35.9 Å². The zero-order valence-corrected chi connectivity index (χ0v) is 10.8. The Hall–Kier alpha value is -1.53. The Balaban J connectivity index is 2.68. The predicted octanol–water partition coefficient (Wildman–Crippen LogP) is 5.11. The van der Waals surface area contributed by atoms with Crippen molar-refractivity contribution >= 4 is 0 Å². The summed E-state index contributed by atoms with van der Waals surface area (Å²) >= 11 is 0. The molecule has 0 N–H and O–H groups in total. The lowest BCUT2D eigenvalue weighted by Gasteiger charge is -2.38. The summed E-state index contributed by atoms with van der Waals surface area (Å²) in [6.07, 6.45) is -11.2. The molecule has 0 saturated heterocycles. The van der Waals surface area contributed by atoms with Gasteiger partial charge in [-0.3, -0.25) is 0 Å². The number of fused-ring (bicyclic) bond motifs is 1. The van der Waals surface area contributed by atoms with Gasteiger partial charge in [0, 0.05) is 0 Å². The van der Waals surface area contributed by atoms with E-state index in [2.05, 4.69) is 0 Å². The average molecular weight is 312 g/mol. The Labute approximate surface area is 116 Å². The molecule has 0 nitrogen and oxygen atoms in total. The van der Waals surface area contributed by atoms with E-state index in [0.29, 0.717) is 0 Å². The van der Waals surface area contributed by atoms with Crippen molar-refractivity contribution in [1.82, 2.24) is 0 Å². The van der Waals surface area contributed by atoms with Crippen molar-refractivity contribution in [2.75, 3.05) is 0 Å². The van der Waals surface area contributed by atoms with Gasteiger partial charge in [-0.1, -0.05) is 35.9 Å². The monoisotopic (exact) mass is 312 g/mol. The summed E-state index contributed by atoms with van der Waals surface area (Å²) in [7, 11) is 0. The zero-order chi connectivity index (χ0) is 16.1. The third-order valence-electron chi connectivity index (χ3n) is 3.56. The molecule has 1 aromatic carbocycles. The summed E-state index contributed by atoms with van der Waals surface area (Å²) in [6.45, 7) is 1.39. The van der Waals surface area contributed by atoms with Crippen LogP contribution in [0, 0.1) is 0 Å². The number of hydrogen-bond donors (Lipinski definition) is 0. The molecular weight excluding hydrogens is 301 g/mol. The van der Waals surface area contributed by atoms with Crippen LogP contribution in [0.2, 0.25) is 0 Å². The van der Waals surface area contributed by atoms with Crippen molar-refractivity contribution in [3.8, 4) is 0 Å². The van der Waals surface area contributed by atoms with Crippen LogP contribution in [-0.2, 0) is 6.42 Å². The predicted molar refractivity (Wildman–Crippen MR) is 62.6 cm³/mol. The van der Waals surface area contributed by atoms with E-state index in [1.165, 1.54) is 25.1 Å². The molecule has 1 aliphatic rings. The van der Waals surface area contributed by atoms with Gasteiger partial charge in [0.25, 0.3) is 0 Å². The fourth-order valence-electron chi connectivity index (χ4n) is 2.57. The molecule has 0 aliphatic heterocycles. The molecule has 0 aromatic heterocycles. The average Bonchev–Trinajstić information content (AvgIpc) is 2.34. The van der Waals surface area contributed by atoms with E-state index in [4.69, 9.17) is 0 Å². The summed E-state index contributed by atoms with van der Waals surface area (Å²) in [5.74, 6) is -2.43. The van der Waals surface area contributed by atoms with E-state index in [0.717, 1.165) is 12.1 Å². The van der Waals surface area contributed by atoms with Crippen LogP contribution in [-0.4, -0.2) is 18.0 Å². The third-order valence-corrected chi connectivity index (χ3v) is 3.56. The van der Waals surface area contributed by atoms with Crippen LogP contribution >= 0.6 is 0 Å². The largest absolute Gasteiger partial charge is 0.432 e. The first-order valence-corrected chi connectivity index (χ1v) is 6.06. The molecule has 0 heterocycles. The molecule has 1 unspecified atom stereocenters. The van der Waals surface area contributed by atoms with Gasteiger partial charge in [0.1, 0.15) is 0 Å². The summed E-state index contributed by atoms with van der Waals surface area (Å²) in [5, 5.41) is 0. The van der Waals surface area contributed by atoms with Crippen LogP contribution in [0.1, 0.15) is 24.0 Å². The first-order valence-electron chi connectivity index (χ1n) is 6.06. The number of halogens is 7. The summed E-state index contributed by atoms with van der Waals surface area (Å²) < 4.78 is 91.5. The molecule has 0 saturated carbocycles. The summed E-state index contributed by atoms with van der Waals surface area (Å²) in [4.78, 5) is 0. The van der Waals surface area contributed by atoms with Crippen LogP contribution in [0.5, 0.6) is 0 Å². The second-order valence-corrected chi connectivity index (χ2v) is 5.07. The molecule has 2 rings (SSSR count). The highest BCUT2D eigenvalue weighted by atomic mass is 19.4. The van der Waals surface area contributed by atoms with Crippen molar-refractivity contribution in [2.45, 2.75) is 37.3 Å². The maximum absolute atomic E-state index is 14.2. The molecule has 7 heteroatoms. The Morgan fingerprint density at radius 1 is 0.905 bits per heavy atom. The minimum absolute atomic E-state index is 0.207. The molecule has 0 bridgehead atoms. The highest BCUT2D eigenvalue weighted by molar-refractivity contribution is 5.43. The lowest BCUT2D eigenvalue weighted by Crippen LogP contribution is -2.57. The Bertz CT molecular complexity index is 551. The number of benzene rings is 1. The molecule has 21 heavy (non-hydrogen) atoms. The van der Waals surface area contributed by atoms with Gasteiger partial charge < -0.3 is 0 Å². The van der Waals surface area contributed by atoms with E-state index in [1.54, 1.807) is 0 Å². The SMILES string of the molecule is CC1=CC(C(F)(C(F)(F)F)C(F)(F)F)c2ccccc2C1. The molecule has 1 aliphatic carbocycles. The first-order chi connectivity index (χ1) is 9.48. The van der Waals surface area contributed by atoms with Crippen LogP contribution in [0.25, 0.3) is 0 Å². The molecule has 1 atom stereocenters. The van der Waals surface area contributed by atoms with E-state index in [-0.39, 0.29) is 23.1 Å². The van der Waals surface area contributed by atoms with Crippen molar-refractivity contribution in [3.63, 3.8) is 0 Å². The summed E-state index contributed by atoms with van der Waals surface area (Å²) in [5.41, 5.74) is -5.04. The molecule has 116 valence electrons. The van der Waals surface area contributed by atoms with E-state index >= 15 is 0 Å². The second kappa shape index (κ2) is 4.74. The van der Waals surface area contributed by atoms with E-state index < -0.39 is 23.9 Å². The fourth-order valence-corrected chi connectivity index (χ4v) is 2.57. The quantitative estimate of drug-likeness (QED) is 0.499. The highest BCUT2D eigenvalue weighted by Crippen LogP contribution is 2.56. The molecule has 0 spiro atoms. The Morgan fingerprint density at radius 3 is 1.95 bits per heavy atom. The molecular formula is C14H11F7. The van der Waals surface area contributed by atoms with Crippen LogP contribution in [0.4, 0.5) is 30.7 Å². The maximum Gasteiger partial charge on any atom is 0.432 e. The van der Waals surface area contributed by atoms with Gasteiger partial charge in [0.15, 0.2) is 0 Å². The molecule has 0 amide bonds. The van der Waals surface area contributed by atoms with E-state index in [9.17, 15) is 30.7 Å². The number of alkyl halides is 7. The van der Waals surface area contributed by atoms with Crippen molar-refractivity contribution in [2.24, 2.45) is 0 Å². The Morgan fingerprint density at radius 2 is 1.43 bits per heavy atom. The topological polar surface area (TPSA) is 0 Å². The molecule has 1 aromatic rings. The van der Waals surface area contributed by atoms with Crippen LogP contribution in [0.3, 0.4) is 0 Å². The summed E-state index contributed by atoms with van der Waals surface area (Å²) in [6, 6.07) is 5.31. The van der Waals surface area contributed by atoms with Crippen LogP contribution < -0.4 is 0 Å². The molecule has 0 radical (unpaired) electrons. The van der Waals surface area contributed by atoms with Gasteiger partial charge in [-0.15, -0.1) is 0 Å². The fraction of sp³-hybridized carbons (Fsp3) is 0.429. The minimum atomic E-state index is -6.06. The standard InChI is InChI=1S/C14H11F7/c1-8-6-9-4-2-3-5-10(9)11(7-8)12(15,13(16,17)18)14(19,20)21/h2-5,7,11H,6H2,1H3. The third kappa shape index (κ3) is 2.42. The number of hydrogen-bond acceptors (Lipinski definition) is 0. The van der Waals surface area contributed by atoms with Gasteiger partial charge in [-0.05, 0) is 24.5 Å². The normalized spacial score (nSPS) is 20.0. The highest BCUT2D eigenvalue weighted by Gasteiger charge is 2.75. The smallest absolute Gasteiger partial charge is 0.222 e. The van der Waals surface area contributed by atoms with Gasteiger partial charge in [0.05, 0.1) is 5.92 Å². The first kappa shape index (κ1) is 15.9. The van der Waals surface area contributed by atoms with Crippen molar-refractivity contribution < 1.29 is 30.7 Å². The van der Waals surface area contributed by atoms with Crippen molar-refractivity contribution in [3.05, 3.63) is 47.0 Å². The second-order valence-electron chi connectivity index (χ2n) is 5.07. The zero-order valence-electron chi connectivity index (χ0n) is 10.8. The van der Waals surface area contributed by atoms with E-state index in [1.807, 2.05) is 0 Å². The lowest BCUT2D eigenvalue weighted by atomic mass is 9.75. The minimum Gasteiger partial charge on any atom is -0.222 e. The van der Waals surface area contributed by atoms with Gasteiger partial charge in [0.2, 0.25) is 0 Å². The van der Waals surface area contributed by atoms with Gasteiger partial charge in [-0.25, -0.2) is 4.39 Å². The van der Waals surface area contributed by atoms with Gasteiger partial charge in [-0.2, -0.15) is 26.3 Å². The van der Waals surface area contributed by atoms with Crippen molar-refractivity contribution in [1.29, 1.82) is 0 Å². The van der Waals surface area contributed by atoms with Gasteiger partial charge >= 0.3 is 18.0 Å². The lowest BCUT2D eigenvalue weighted by molar-refractivity contribution is -0.345. The number of rotatable bonds is 1.